The van der Waals surface area contributed by atoms with Crippen molar-refractivity contribution in [1.29, 1.82) is 0 Å². The SMILES string of the molecule is c1ccc(-c2nc(-c3ccccc3)c3c4cc(-c5ccc6oc7ccccc7c6c5)ccc4n(-c4ccc5oc6ccccc6c5c4)c3n2)cc1. The fourth-order valence-corrected chi connectivity index (χ4v) is 7.63. The van der Waals surface area contributed by atoms with Crippen molar-refractivity contribution in [2.45, 2.75) is 0 Å². The minimum Gasteiger partial charge on any atom is -0.456 e. The third kappa shape index (κ3) is 4.28. The van der Waals surface area contributed by atoms with Gasteiger partial charge in [0.1, 0.15) is 28.0 Å². The molecule has 4 heterocycles. The Morgan fingerprint density at radius 1 is 0.392 bits per heavy atom. The lowest BCUT2D eigenvalue weighted by Gasteiger charge is -2.10. The number of fused-ring (bicyclic) bond motifs is 9. The highest BCUT2D eigenvalue weighted by Crippen LogP contribution is 2.41. The van der Waals surface area contributed by atoms with E-state index in [1.54, 1.807) is 0 Å². The number of benzene rings is 7. The van der Waals surface area contributed by atoms with Gasteiger partial charge in [-0.1, -0.05) is 109 Å². The Morgan fingerprint density at radius 2 is 0.941 bits per heavy atom. The van der Waals surface area contributed by atoms with E-state index in [2.05, 4.69) is 120 Å². The van der Waals surface area contributed by atoms with E-state index in [0.29, 0.717) is 5.82 Å². The van der Waals surface area contributed by atoms with E-state index in [-0.39, 0.29) is 0 Å². The highest BCUT2D eigenvalue weighted by molar-refractivity contribution is 6.16. The molecular formula is C46H27N3O2. The first-order valence-corrected chi connectivity index (χ1v) is 17.1. The Bertz CT molecular complexity index is 3130. The van der Waals surface area contributed by atoms with E-state index in [9.17, 15) is 0 Å². The molecule has 0 amide bonds. The molecular weight excluding hydrogens is 627 g/mol. The van der Waals surface area contributed by atoms with Gasteiger partial charge in [0.05, 0.1) is 16.6 Å². The first-order valence-electron chi connectivity index (χ1n) is 17.1. The molecule has 0 fully saturated rings. The first kappa shape index (κ1) is 27.9. The van der Waals surface area contributed by atoms with Crippen LogP contribution in [0.1, 0.15) is 0 Å². The van der Waals surface area contributed by atoms with Crippen molar-refractivity contribution in [3.63, 3.8) is 0 Å². The fraction of sp³-hybridized carbons (Fsp3) is 0. The molecule has 7 aromatic carbocycles. The summed E-state index contributed by atoms with van der Waals surface area (Å²) in [6.45, 7) is 0. The molecule has 0 aliphatic heterocycles. The molecule has 0 unspecified atom stereocenters. The summed E-state index contributed by atoms with van der Waals surface area (Å²) < 4.78 is 14.7. The van der Waals surface area contributed by atoms with Gasteiger partial charge in [0.2, 0.25) is 0 Å². The van der Waals surface area contributed by atoms with Crippen molar-refractivity contribution in [1.82, 2.24) is 14.5 Å². The van der Waals surface area contributed by atoms with Crippen LogP contribution in [0.5, 0.6) is 0 Å². The number of para-hydroxylation sites is 2. The predicted molar refractivity (Wildman–Crippen MR) is 207 cm³/mol. The topological polar surface area (TPSA) is 57.0 Å². The van der Waals surface area contributed by atoms with Crippen LogP contribution in [-0.2, 0) is 0 Å². The Balaban J connectivity index is 1.24. The molecule has 5 heteroatoms. The third-order valence-electron chi connectivity index (χ3n) is 10.0. The third-order valence-corrected chi connectivity index (χ3v) is 10.0. The molecule has 0 saturated heterocycles. The Morgan fingerprint density at radius 3 is 1.65 bits per heavy atom. The number of nitrogens with zero attached hydrogens (tertiary/aromatic N) is 3. The van der Waals surface area contributed by atoms with Gasteiger partial charge < -0.3 is 8.83 Å². The van der Waals surface area contributed by atoms with Crippen molar-refractivity contribution in [3.8, 4) is 39.5 Å². The summed E-state index contributed by atoms with van der Waals surface area (Å²) in [4.78, 5) is 10.7. The molecule has 0 N–H and O–H groups in total. The van der Waals surface area contributed by atoms with Crippen LogP contribution in [-0.4, -0.2) is 14.5 Å². The van der Waals surface area contributed by atoms with E-state index in [0.717, 1.165) is 99.4 Å². The molecule has 0 saturated carbocycles. The maximum Gasteiger partial charge on any atom is 0.162 e. The average molecular weight is 654 g/mol. The van der Waals surface area contributed by atoms with Crippen LogP contribution in [0.4, 0.5) is 0 Å². The summed E-state index contributed by atoms with van der Waals surface area (Å²) in [5.41, 5.74) is 11.5. The molecule has 0 aliphatic rings. The Labute approximate surface area is 291 Å². The van der Waals surface area contributed by atoms with Gasteiger partial charge in [0, 0.05) is 43.7 Å². The number of hydrogen-bond acceptors (Lipinski definition) is 4. The maximum absolute atomic E-state index is 6.23. The largest absolute Gasteiger partial charge is 0.456 e. The summed E-state index contributed by atoms with van der Waals surface area (Å²) in [5, 5.41) is 6.45. The first-order chi connectivity index (χ1) is 25.3. The molecule has 0 spiro atoms. The fourth-order valence-electron chi connectivity index (χ4n) is 7.63. The lowest BCUT2D eigenvalue weighted by molar-refractivity contribution is 0.668. The Hall–Kier alpha value is -6.98. The molecule has 0 radical (unpaired) electrons. The zero-order valence-electron chi connectivity index (χ0n) is 27.2. The van der Waals surface area contributed by atoms with Crippen LogP contribution >= 0.6 is 0 Å². The smallest absolute Gasteiger partial charge is 0.162 e. The molecule has 5 nitrogen and oxygen atoms in total. The van der Waals surface area contributed by atoms with Crippen LogP contribution in [0.2, 0.25) is 0 Å². The number of rotatable bonds is 4. The van der Waals surface area contributed by atoms with Crippen LogP contribution < -0.4 is 0 Å². The lowest BCUT2D eigenvalue weighted by Crippen LogP contribution is -1.99. The van der Waals surface area contributed by atoms with Gasteiger partial charge >= 0.3 is 0 Å². The number of aromatic nitrogens is 3. The van der Waals surface area contributed by atoms with E-state index < -0.39 is 0 Å². The second-order valence-corrected chi connectivity index (χ2v) is 13.0. The van der Waals surface area contributed by atoms with Crippen molar-refractivity contribution in [3.05, 3.63) is 164 Å². The molecule has 51 heavy (non-hydrogen) atoms. The number of furan rings is 2. The maximum atomic E-state index is 6.23. The highest BCUT2D eigenvalue weighted by atomic mass is 16.3. The minimum absolute atomic E-state index is 0.679. The van der Waals surface area contributed by atoms with Crippen LogP contribution in [0.3, 0.4) is 0 Å². The molecule has 11 rings (SSSR count). The second-order valence-electron chi connectivity index (χ2n) is 13.0. The zero-order valence-corrected chi connectivity index (χ0v) is 27.2. The van der Waals surface area contributed by atoms with Crippen molar-refractivity contribution >= 4 is 65.8 Å². The molecule has 0 bridgehead atoms. The lowest BCUT2D eigenvalue weighted by atomic mass is 9.99. The summed E-state index contributed by atoms with van der Waals surface area (Å²) >= 11 is 0. The van der Waals surface area contributed by atoms with Gasteiger partial charge in [-0.3, -0.25) is 4.57 Å². The van der Waals surface area contributed by atoms with Crippen LogP contribution in [0.15, 0.2) is 173 Å². The zero-order chi connectivity index (χ0) is 33.5. The molecule has 238 valence electrons. The summed E-state index contributed by atoms with van der Waals surface area (Å²) in [6, 6.07) is 56.7. The normalized spacial score (nSPS) is 11.9. The number of hydrogen-bond donors (Lipinski definition) is 0. The average Bonchev–Trinajstić information content (AvgIpc) is 3.87. The van der Waals surface area contributed by atoms with Crippen molar-refractivity contribution < 1.29 is 8.83 Å². The van der Waals surface area contributed by atoms with E-state index in [1.807, 2.05) is 48.5 Å². The van der Waals surface area contributed by atoms with E-state index in [1.165, 1.54) is 0 Å². The summed E-state index contributed by atoms with van der Waals surface area (Å²) in [7, 11) is 0. The molecule has 0 aliphatic carbocycles. The van der Waals surface area contributed by atoms with E-state index >= 15 is 0 Å². The molecule has 11 aromatic rings. The summed E-state index contributed by atoms with van der Waals surface area (Å²) in [6.07, 6.45) is 0. The minimum atomic E-state index is 0.679. The van der Waals surface area contributed by atoms with Crippen molar-refractivity contribution in [2.24, 2.45) is 0 Å². The van der Waals surface area contributed by atoms with Gasteiger partial charge in [0.25, 0.3) is 0 Å². The standard InChI is InChI=1S/C46H27N3O2/c1-3-11-28(12-4-1)44-43-37-26-30(31-20-23-41-35(25-31)33-15-7-9-17-39(33)50-41)19-22-38(37)49(46(43)48-45(47-44)29-13-5-2-6-14-29)32-21-24-42-36(27-32)34-16-8-10-18-40(34)51-42/h1-27H. The van der Waals surface area contributed by atoms with Crippen LogP contribution in [0.25, 0.3) is 105 Å². The monoisotopic (exact) mass is 653 g/mol. The van der Waals surface area contributed by atoms with Gasteiger partial charge in [-0.15, -0.1) is 0 Å². The highest BCUT2D eigenvalue weighted by Gasteiger charge is 2.22. The van der Waals surface area contributed by atoms with Gasteiger partial charge in [0.15, 0.2) is 5.82 Å². The molecule has 4 aromatic heterocycles. The van der Waals surface area contributed by atoms with Gasteiger partial charge in [-0.05, 0) is 65.7 Å². The summed E-state index contributed by atoms with van der Waals surface area (Å²) in [5.74, 6) is 0.679. The van der Waals surface area contributed by atoms with Gasteiger partial charge in [-0.2, -0.15) is 0 Å². The van der Waals surface area contributed by atoms with E-state index in [4.69, 9.17) is 18.8 Å². The second kappa shape index (κ2) is 10.8. The predicted octanol–water partition coefficient (Wildman–Crippen LogP) is 12.4. The van der Waals surface area contributed by atoms with Gasteiger partial charge in [-0.25, -0.2) is 9.97 Å². The Kier molecular flexibility index (Phi) is 5.89. The van der Waals surface area contributed by atoms with Crippen LogP contribution in [0, 0.1) is 0 Å². The van der Waals surface area contributed by atoms with Crippen molar-refractivity contribution in [2.75, 3.05) is 0 Å². The quantitative estimate of drug-likeness (QED) is 0.190. The molecule has 0 atom stereocenters.